The van der Waals surface area contributed by atoms with Crippen LogP contribution in [0.25, 0.3) is 154 Å². The van der Waals surface area contributed by atoms with Gasteiger partial charge in [0.05, 0.1) is 22.1 Å². The number of para-hydroxylation sites is 2. The first kappa shape index (κ1) is 74.5. The second-order valence-electron chi connectivity index (χ2n) is 39.1. The lowest BCUT2D eigenvalue weighted by molar-refractivity contribution is 0.595. The van der Waals surface area contributed by atoms with Crippen molar-refractivity contribution in [2.45, 2.75) is 143 Å². The number of hydrogen-bond donors (Lipinski definition) is 0. The molecule has 4 nitrogen and oxygen atoms in total. The van der Waals surface area contributed by atoms with E-state index in [1.54, 1.807) is 0 Å². The molecule has 0 bridgehead atoms. The van der Waals surface area contributed by atoms with E-state index in [9.17, 15) is 0 Å². The van der Waals surface area contributed by atoms with Crippen LogP contribution < -0.4 is 9.80 Å². The lowest BCUT2D eigenvalue weighted by Crippen LogP contribution is -2.18. The fourth-order valence-electron chi connectivity index (χ4n) is 20.8. The largest absolute Gasteiger partial charge is 0.455 e. The highest BCUT2D eigenvalue weighted by Gasteiger charge is 2.46. The van der Waals surface area contributed by atoms with Gasteiger partial charge in [-0.2, -0.15) is 0 Å². The van der Waals surface area contributed by atoms with Crippen molar-refractivity contribution in [3.63, 3.8) is 0 Å². The Morgan fingerprint density at radius 2 is 0.458 bits per heavy atom. The van der Waals surface area contributed by atoms with Gasteiger partial charge >= 0.3 is 0 Å². The molecule has 586 valence electrons. The Labute approximate surface area is 705 Å². The third-order valence-electron chi connectivity index (χ3n) is 26.8. The SMILES string of the molecule is CC(C)(C)c1ccc(-c2ccc(N(c3ccc(-c4ccc(C(C)(C)C)c5ccccc45)cc3)c3cc4c(c5oc6ccccc6c35)-c3cc5c(cc3C4(C)C)-c3c(cc(N(c4ccc(-c6ccc(C(C)(C)C)c7ccccc67)cc4)c4ccc(-c6ccc(C(C)(C)C)c7ccccc67)cc4)c4c3oc3ccccc34)C5(C)C)cc2)c2ccccc12. The van der Waals surface area contributed by atoms with Crippen LogP contribution in [0.2, 0.25) is 0 Å². The zero-order chi connectivity index (χ0) is 82.6. The maximum absolute atomic E-state index is 7.55. The van der Waals surface area contributed by atoms with Gasteiger partial charge < -0.3 is 18.6 Å². The Morgan fingerprint density at radius 1 is 0.225 bits per heavy atom. The molecule has 120 heavy (non-hydrogen) atoms. The lowest BCUT2D eigenvalue weighted by Gasteiger charge is -2.29. The second kappa shape index (κ2) is 26.7. The van der Waals surface area contributed by atoms with Gasteiger partial charge in [0.15, 0.2) is 0 Å². The minimum atomic E-state index is -0.516. The zero-order valence-corrected chi connectivity index (χ0v) is 71.7. The molecule has 0 radical (unpaired) electrons. The number of anilines is 6. The monoisotopic (exact) mass is 1550 g/mol. The summed E-state index contributed by atoms with van der Waals surface area (Å²) in [7, 11) is 0. The number of fused-ring (bicyclic) bond motifs is 18. The van der Waals surface area contributed by atoms with Crippen molar-refractivity contribution in [3.8, 4) is 66.8 Å². The Bertz CT molecular complexity index is 6730. The van der Waals surface area contributed by atoms with E-state index in [4.69, 9.17) is 8.83 Å². The van der Waals surface area contributed by atoms with E-state index in [0.717, 1.165) is 89.1 Å². The Kier molecular flexibility index (Phi) is 16.6. The number of rotatable bonds is 10. The van der Waals surface area contributed by atoms with Crippen molar-refractivity contribution >= 4 is 121 Å². The average molecular weight is 1550 g/mol. The maximum Gasteiger partial charge on any atom is 0.145 e. The van der Waals surface area contributed by atoms with Crippen LogP contribution in [-0.2, 0) is 32.5 Å². The number of furan rings is 2. The summed E-state index contributed by atoms with van der Waals surface area (Å²) >= 11 is 0. The van der Waals surface area contributed by atoms with Crippen LogP contribution in [0.15, 0.2) is 324 Å². The van der Waals surface area contributed by atoms with Crippen LogP contribution in [0.1, 0.15) is 155 Å². The van der Waals surface area contributed by atoms with E-state index in [2.05, 4.69) is 436 Å². The molecule has 2 aromatic heterocycles. The van der Waals surface area contributed by atoms with Gasteiger partial charge in [-0.25, -0.2) is 0 Å². The fraction of sp³-hybridized carbons (Fsp3) is 0.190. The molecule has 2 aliphatic rings. The first-order valence-corrected chi connectivity index (χ1v) is 42.9. The van der Waals surface area contributed by atoms with Crippen LogP contribution in [0.3, 0.4) is 0 Å². The third-order valence-corrected chi connectivity index (χ3v) is 26.8. The topological polar surface area (TPSA) is 32.8 Å². The van der Waals surface area contributed by atoms with Crippen molar-refractivity contribution in [2.75, 3.05) is 9.80 Å². The molecular weight excluding hydrogens is 1450 g/mol. The Morgan fingerprint density at radius 3 is 0.708 bits per heavy atom. The minimum absolute atomic E-state index is 0.0189. The minimum Gasteiger partial charge on any atom is -0.455 e. The molecule has 0 unspecified atom stereocenters. The molecule has 0 fully saturated rings. The van der Waals surface area contributed by atoms with Gasteiger partial charge in [-0.1, -0.05) is 341 Å². The molecule has 0 spiro atoms. The molecule has 2 aliphatic carbocycles. The zero-order valence-electron chi connectivity index (χ0n) is 71.7. The molecule has 21 rings (SSSR count). The third kappa shape index (κ3) is 11.6. The van der Waals surface area contributed by atoms with Crippen LogP contribution in [0, 0.1) is 0 Å². The number of benzene rings is 17. The van der Waals surface area contributed by atoms with Crippen LogP contribution in [-0.4, -0.2) is 0 Å². The second-order valence-corrected chi connectivity index (χ2v) is 39.1. The molecule has 0 saturated carbocycles. The predicted molar refractivity (Wildman–Crippen MR) is 512 cm³/mol. The van der Waals surface area contributed by atoms with E-state index in [-0.39, 0.29) is 21.7 Å². The van der Waals surface area contributed by atoms with E-state index >= 15 is 0 Å². The first-order chi connectivity index (χ1) is 57.6. The number of nitrogens with zero attached hydrogens (tertiary/aromatic N) is 2. The molecule has 0 amide bonds. The van der Waals surface area contributed by atoms with E-state index < -0.39 is 10.8 Å². The van der Waals surface area contributed by atoms with E-state index in [0.29, 0.717) is 0 Å². The van der Waals surface area contributed by atoms with Gasteiger partial charge in [-0.3, -0.25) is 0 Å². The average Bonchev–Trinajstić information content (AvgIpc) is 1.51. The summed E-state index contributed by atoms with van der Waals surface area (Å²) in [6.07, 6.45) is 0. The van der Waals surface area contributed by atoms with Crippen LogP contribution in [0.4, 0.5) is 34.1 Å². The Balaban J connectivity index is 0.741. The van der Waals surface area contributed by atoms with Gasteiger partial charge in [-0.05, 0) is 250 Å². The fourth-order valence-corrected chi connectivity index (χ4v) is 20.8. The molecule has 2 heterocycles. The van der Waals surface area contributed by atoms with Crippen molar-refractivity contribution < 1.29 is 8.83 Å². The summed E-state index contributed by atoms with van der Waals surface area (Å²) in [6.45, 7) is 37.5. The summed E-state index contributed by atoms with van der Waals surface area (Å²) in [4.78, 5) is 5.00. The van der Waals surface area contributed by atoms with E-state index in [1.165, 1.54) is 143 Å². The van der Waals surface area contributed by atoms with Crippen LogP contribution in [0.5, 0.6) is 0 Å². The maximum atomic E-state index is 7.55. The van der Waals surface area contributed by atoms with Gasteiger partial charge in [-0.15, -0.1) is 0 Å². The van der Waals surface area contributed by atoms with Crippen LogP contribution >= 0.6 is 0 Å². The summed E-state index contributed by atoms with van der Waals surface area (Å²) in [5, 5.41) is 14.5. The van der Waals surface area contributed by atoms with Crippen molar-refractivity contribution in [2.24, 2.45) is 0 Å². The smallest absolute Gasteiger partial charge is 0.145 e. The van der Waals surface area contributed by atoms with Crippen molar-refractivity contribution in [1.29, 1.82) is 0 Å². The molecule has 0 atom stereocenters. The van der Waals surface area contributed by atoms with Gasteiger partial charge in [0.2, 0.25) is 0 Å². The molecule has 0 N–H and O–H groups in total. The van der Waals surface area contributed by atoms with Gasteiger partial charge in [0.1, 0.15) is 22.3 Å². The number of hydrogen-bond acceptors (Lipinski definition) is 4. The molecule has 0 saturated heterocycles. The summed E-state index contributed by atoms with van der Waals surface area (Å²) < 4.78 is 15.1. The highest BCUT2D eigenvalue weighted by molar-refractivity contribution is 6.22. The van der Waals surface area contributed by atoms with Crippen molar-refractivity contribution in [3.05, 3.63) is 360 Å². The molecule has 17 aromatic carbocycles. The molecule has 19 aromatic rings. The highest BCUT2D eigenvalue weighted by atomic mass is 16.3. The summed E-state index contributed by atoms with van der Waals surface area (Å²) in [5.41, 5.74) is 33.2. The summed E-state index contributed by atoms with van der Waals surface area (Å²) in [6, 6.07) is 119. The first-order valence-electron chi connectivity index (χ1n) is 42.9. The quantitative estimate of drug-likeness (QED) is 0.137. The Hall–Kier alpha value is -13.0. The van der Waals surface area contributed by atoms with Gasteiger partial charge in [0, 0.05) is 55.5 Å². The van der Waals surface area contributed by atoms with Gasteiger partial charge in [0.25, 0.3) is 0 Å². The highest BCUT2D eigenvalue weighted by Crippen LogP contribution is 2.63. The normalized spacial score (nSPS) is 13.8. The lowest BCUT2D eigenvalue weighted by atomic mass is 9.79. The van der Waals surface area contributed by atoms with E-state index in [1.807, 2.05) is 0 Å². The molecule has 4 heteroatoms. The molecular formula is C116H100N2O2. The summed E-state index contributed by atoms with van der Waals surface area (Å²) in [5.74, 6) is 0. The molecule has 0 aliphatic heterocycles. The predicted octanol–water partition coefficient (Wildman–Crippen LogP) is 33.5. The van der Waals surface area contributed by atoms with Crippen molar-refractivity contribution in [1.82, 2.24) is 0 Å². The standard InChI is InChI=1S/C116H100N2O2/c1-111(2,3)93-61-57-77(81-29-17-21-33-85(81)93)69-41-49-73(50-42-69)117(74-51-43-70(44-52-74)78-58-62-94(112(4,5)6)86-34-22-18-30-82(78)86)101-67-99-105(109-107(101)89-37-25-27-39-103(89)119-109)91-65-98-92(66-97(91)115(99,13)14)106-100(116(98,15)16)68-102(108-90-38-26-28-40-104(90)120-110(106)108)118(75-53-45-71(46-54-75)79-59-63-95(113(7,8)9)87-35-23-19-31-83(79)87)76-55-47-72(48-56-76)80-60-64-96(114(10,11)12)88-36-24-20-32-84(80)88/h17-68H,1-16H3.